The summed E-state index contributed by atoms with van der Waals surface area (Å²) in [6.07, 6.45) is 1.28. The van der Waals surface area contributed by atoms with E-state index in [0.717, 1.165) is 17.5 Å². The van der Waals surface area contributed by atoms with E-state index in [1.807, 2.05) is 13.8 Å². The number of carbonyl (C=O) groups excluding carboxylic acids is 2. The van der Waals surface area contributed by atoms with Crippen molar-refractivity contribution in [1.82, 2.24) is 10.2 Å². The molecule has 0 radical (unpaired) electrons. The first-order valence-electron chi connectivity index (χ1n) is 10.2. The van der Waals surface area contributed by atoms with E-state index in [0.29, 0.717) is 28.8 Å². The van der Waals surface area contributed by atoms with Gasteiger partial charge in [0.25, 0.3) is 0 Å². The zero-order valence-electron chi connectivity index (χ0n) is 17.7. The number of benzene rings is 2. The first-order chi connectivity index (χ1) is 14.9. The molecule has 0 aliphatic rings. The van der Waals surface area contributed by atoms with Crippen LogP contribution in [-0.2, 0) is 21.9 Å². The second-order valence-corrected chi connectivity index (χ2v) is 8.86. The Bertz CT molecular complexity index is 860. The molecule has 0 saturated carbocycles. The van der Waals surface area contributed by atoms with Gasteiger partial charge in [0.1, 0.15) is 11.9 Å². The van der Waals surface area contributed by atoms with Crippen molar-refractivity contribution in [2.45, 2.75) is 45.0 Å². The molecule has 0 heterocycles. The van der Waals surface area contributed by atoms with Crippen molar-refractivity contribution in [3.63, 3.8) is 0 Å². The fourth-order valence-corrected chi connectivity index (χ4v) is 4.71. The summed E-state index contributed by atoms with van der Waals surface area (Å²) < 4.78 is 13.3. The Morgan fingerprint density at radius 2 is 1.74 bits per heavy atom. The normalized spacial score (nSPS) is 11.8. The molecule has 0 aromatic heterocycles. The number of amides is 2. The van der Waals surface area contributed by atoms with Crippen molar-refractivity contribution >= 4 is 46.8 Å². The lowest BCUT2D eigenvalue weighted by Gasteiger charge is -2.30. The van der Waals surface area contributed by atoms with Crippen LogP contribution in [0.25, 0.3) is 0 Å². The highest BCUT2D eigenvalue weighted by atomic mass is 35.5. The van der Waals surface area contributed by atoms with Gasteiger partial charge in [0.2, 0.25) is 11.8 Å². The fraction of sp³-hybridized carbons (Fsp3) is 0.391. The Hall–Kier alpha value is -1.76. The van der Waals surface area contributed by atoms with Crippen molar-refractivity contribution in [3.8, 4) is 0 Å². The topological polar surface area (TPSA) is 49.4 Å². The summed E-state index contributed by atoms with van der Waals surface area (Å²) >= 11 is 13.8. The minimum absolute atomic E-state index is 0.167. The molecule has 0 aliphatic carbocycles. The van der Waals surface area contributed by atoms with Gasteiger partial charge in [-0.25, -0.2) is 4.39 Å². The molecular weight excluding hydrogens is 458 g/mol. The number of carbonyl (C=O) groups is 2. The van der Waals surface area contributed by atoms with Gasteiger partial charge in [0.15, 0.2) is 0 Å². The minimum Gasteiger partial charge on any atom is -0.354 e. The molecule has 2 aromatic carbocycles. The van der Waals surface area contributed by atoms with Crippen molar-refractivity contribution in [3.05, 3.63) is 69.5 Å². The Kier molecular flexibility index (Phi) is 10.6. The molecule has 0 saturated heterocycles. The van der Waals surface area contributed by atoms with Crippen LogP contribution in [0.3, 0.4) is 0 Å². The third kappa shape index (κ3) is 7.70. The average Bonchev–Trinajstić information content (AvgIpc) is 2.75. The van der Waals surface area contributed by atoms with Gasteiger partial charge in [-0.1, -0.05) is 55.2 Å². The zero-order chi connectivity index (χ0) is 22.8. The van der Waals surface area contributed by atoms with Crippen LogP contribution in [0.15, 0.2) is 42.5 Å². The molecule has 168 valence electrons. The van der Waals surface area contributed by atoms with Gasteiger partial charge in [-0.3, -0.25) is 9.59 Å². The van der Waals surface area contributed by atoms with Gasteiger partial charge in [-0.05, 0) is 48.2 Å². The summed E-state index contributed by atoms with van der Waals surface area (Å²) in [4.78, 5) is 27.4. The largest absolute Gasteiger partial charge is 0.354 e. The van der Waals surface area contributed by atoms with Crippen LogP contribution in [0, 0.1) is 5.82 Å². The van der Waals surface area contributed by atoms with Crippen LogP contribution >= 0.6 is 35.0 Å². The molecule has 0 fully saturated rings. The number of nitrogens with zero attached hydrogens (tertiary/aromatic N) is 1. The summed E-state index contributed by atoms with van der Waals surface area (Å²) in [6, 6.07) is 10.7. The highest BCUT2D eigenvalue weighted by molar-refractivity contribution is 7.99. The lowest BCUT2D eigenvalue weighted by Crippen LogP contribution is -2.49. The Balaban J connectivity index is 2.14. The summed E-state index contributed by atoms with van der Waals surface area (Å²) in [5.74, 6) is -0.0511. The smallest absolute Gasteiger partial charge is 0.242 e. The predicted octanol–water partition coefficient (Wildman–Crippen LogP) is 5.70. The SMILES string of the molecule is CCCNC(=O)[C@@H](CC)N(Cc1ccc(F)cc1)C(=O)CSCc1c(Cl)cccc1Cl. The second-order valence-electron chi connectivity index (χ2n) is 7.06. The van der Waals surface area contributed by atoms with Crippen LogP contribution in [0.1, 0.15) is 37.8 Å². The van der Waals surface area contributed by atoms with E-state index in [1.54, 1.807) is 35.2 Å². The van der Waals surface area contributed by atoms with Crippen LogP contribution in [0.2, 0.25) is 10.0 Å². The third-order valence-electron chi connectivity index (χ3n) is 4.73. The van der Waals surface area contributed by atoms with Crippen molar-refractivity contribution < 1.29 is 14.0 Å². The maximum absolute atomic E-state index is 13.3. The van der Waals surface area contributed by atoms with Crippen LogP contribution in [-0.4, -0.2) is 35.1 Å². The minimum atomic E-state index is -0.603. The van der Waals surface area contributed by atoms with E-state index in [1.165, 1.54) is 23.9 Å². The Labute approximate surface area is 197 Å². The molecule has 0 bridgehead atoms. The van der Waals surface area contributed by atoms with Crippen molar-refractivity contribution in [2.24, 2.45) is 0 Å². The van der Waals surface area contributed by atoms with Gasteiger partial charge >= 0.3 is 0 Å². The van der Waals surface area contributed by atoms with Crippen LogP contribution < -0.4 is 5.32 Å². The van der Waals surface area contributed by atoms with Gasteiger partial charge in [0, 0.05) is 28.9 Å². The molecule has 1 atom stereocenters. The van der Waals surface area contributed by atoms with E-state index in [-0.39, 0.29) is 29.9 Å². The van der Waals surface area contributed by atoms with Gasteiger partial charge in [-0.15, -0.1) is 11.8 Å². The molecule has 0 spiro atoms. The molecule has 0 aliphatic heterocycles. The van der Waals surface area contributed by atoms with Crippen LogP contribution in [0.4, 0.5) is 4.39 Å². The monoisotopic (exact) mass is 484 g/mol. The molecule has 8 heteroatoms. The molecule has 31 heavy (non-hydrogen) atoms. The maximum Gasteiger partial charge on any atom is 0.242 e. The number of hydrogen-bond acceptors (Lipinski definition) is 3. The standard InChI is InChI=1S/C23H27Cl2FN2O2S/c1-3-12-27-23(30)21(4-2)28(13-16-8-10-17(26)11-9-16)22(29)15-31-14-18-19(24)6-5-7-20(18)25/h5-11,21H,3-4,12-15H2,1-2H3,(H,27,30)/t21-/m1/s1. The molecular formula is C23H27Cl2FN2O2S. The average molecular weight is 485 g/mol. The summed E-state index contributed by atoms with van der Waals surface area (Å²) in [6.45, 7) is 4.62. The highest BCUT2D eigenvalue weighted by Crippen LogP contribution is 2.28. The predicted molar refractivity (Wildman–Crippen MR) is 127 cm³/mol. The Morgan fingerprint density at radius 1 is 1.10 bits per heavy atom. The van der Waals surface area contributed by atoms with Gasteiger partial charge < -0.3 is 10.2 Å². The summed E-state index contributed by atoms with van der Waals surface area (Å²) in [5, 5.41) is 3.99. The van der Waals surface area contributed by atoms with Crippen molar-refractivity contribution in [2.75, 3.05) is 12.3 Å². The van der Waals surface area contributed by atoms with E-state index in [9.17, 15) is 14.0 Å². The molecule has 2 amide bonds. The zero-order valence-corrected chi connectivity index (χ0v) is 20.0. The van der Waals surface area contributed by atoms with E-state index >= 15 is 0 Å². The summed E-state index contributed by atoms with van der Waals surface area (Å²) in [7, 11) is 0. The lowest BCUT2D eigenvalue weighted by molar-refractivity contribution is -0.139. The molecule has 0 unspecified atom stereocenters. The first-order valence-corrected chi connectivity index (χ1v) is 12.1. The number of hydrogen-bond donors (Lipinski definition) is 1. The highest BCUT2D eigenvalue weighted by Gasteiger charge is 2.28. The quantitative estimate of drug-likeness (QED) is 0.444. The Morgan fingerprint density at radius 3 is 2.32 bits per heavy atom. The van der Waals surface area contributed by atoms with E-state index in [2.05, 4.69) is 5.32 Å². The molecule has 2 aromatic rings. The number of nitrogens with one attached hydrogen (secondary N) is 1. The van der Waals surface area contributed by atoms with Gasteiger partial charge in [-0.2, -0.15) is 0 Å². The van der Waals surface area contributed by atoms with Gasteiger partial charge in [0.05, 0.1) is 5.75 Å². The fourth-order valence-electron chi connectivity index (χ4n) is 3.07. The van der Waals surface area contributed by atoms with E-state index in [4.69, 9.17) is 23.2 Å². The third-order valence-corrected chi connectivity index (χ3v) is 6.39. The second kappa shape index (κ2) is 12.9. The molecule has 4 nitrogen and oxygen atoms in total. The van der Waals surface area contributed by atoms with Crippen molar-refractivity contribution in [1.29, 1.82) is 0 Å². The first kappa shape index (κ1) is 25.5. The number of rotatable bonds is 11. The number of halogens is 3. The molecule has 2 rings (SSSR count). The van der Waals surface area contributed by atoms with Crippen LogP contribution in [0.5, 0.6) is 0 Å². The van der Waals surface area contributed by atoms with E-state index < -0.39 is 6.04 Å². The maximum atomic E-state index is 13.3. The summed E-state index contributed by atoms with van der Waals surface area (Å²) in [5.41, 5.74) is 1.54. The number of thioether (sulfide) groups is 1. The molecule has 1 N–H and O–H groups in total. The lowest BCUT2D eigenvalue weighted by atomic mass is 10.1.